The number of nitrogens with zero attached hydrogens (tertiary/aromatic N) is 3. The quantitative estimate of drug-likeness (QED) is 0.741. The van der Waals surface area contributed by atoms with Gasteiger partial charge in [0.15, 0.2) is 0 Å². The van der Waals surface area contributed by atoms with Crippen molar-refractivity contribution in [3.8, 4) is 11.6 Å². The van der Waals surface area contributed by atoms with Crippen molar-refractivity contribution >= 4 is 11.6 Å². The van der Waals surface area contributed by atoms with Crippen molar-refractivity contribution < 1.29 is 14.6 Å². The van der Waals surface area contributed by atoms with Crippen molar-refractivity contribution in [2.24, 2.45) is 5.10 Å². The molecule has 0 spiro atoms. The highest BCUT2D eigenvalue weighted by molar-refractivity contribution is 6.04. The van der Waals surface area contributed by atoms with Crippen LogP contribution in [0.15, 0.2) is 39.0 Å². The van der Waals surface area contributed by atoms with Crippen molar-refractivity contribution in [2.75, 3.05) is 6.61 Å². The Morgan fingerprint density at radius 1 is 1.19 bits per heavy atom. The minimum Gasteiger partial charge on any atom is -0.494 e. The summed E-state index contributed by atoms with van der Waals surface area (Å²) in [5.74, 6) is 0.0639. The van der Waals surface area contributed by atoms with Crippen molar-refractivity contribution in [1.82, 2.24) is 14.6 Å². The molecular formula is C23H28N4O5. The van der Waals surface area contributed by atoms with Crippen LogP contribution < -0.4 is 16.0 Å². The molecule has 170 valence electrons. The zero-order valence-electron chi connectivity index (χ0n) is 18.3. The fraction of sp³-hybridized carbons (Fsp3) is 0.478. The van der Waals surface area contributed by atoms with Gasteiger partial charge in [-0.05, 0) is 37.5 Å². The Bertz CT molecular complexity index is 1140. The first kappa shape index (κ1) is 21.9. The molecule has 0 saturated heterocycles. The summed E-state index contributed by atoms with van der Waals surface area (Å²) in [5.41, 5.74) is -0.251. The molecule has 32 heavy (non-hydrogen) atoms. The van der Waals surface area contributed by atoms with Gasteiger partial charge in [-0.25, -0.2) is 9.80 Å². The highest BCUT2D eigenvalue weighted by Gasteiger charge is 2.35. The summed E-state index contributed by atoms with van der Waals surface area (Å²) in [6.45, 7) is 3.86. The predicted molar refractivity (Wildman–Crippen MR) is 119 cm³/mol. The fourth-order valence-electron chi connectivity index (χ4n) is 4.64. The summed E-state index contributed by atoms with van der Waals surface area (Å²) in [6.07, 6.45) is 4.78. The number of hydrazone groups is 1. The van der Waals surface area contributed by atoms with Crippen LogP contribution in [0, 0.1) is 0 Å². The van der Waals surface area contributed by atoms with E-state index in [1.165, 1.54) is 16.5 Å². The second-order valence-electron chi connectivity index (χ2n) is 8.25. The number of hydrogen-bond acceptors (Lipinski definition) is 6. The smallest absolute Gasteiger partial charge is 0.331 e. The van der Waals surface area contributed by atoms with E-state index in [1.807, 2.05) is 31.2 Å². The van der Waals surface area contributed by atoms with E-state index in [4.69, 9.17) is 4.74 Å². The Morgan fingerprint density at radius 2 is 1.88 bits per heavy atom. The van der Waals surface area contributed by atoms with Crippen LogP contribution in [-0.4, -0.2) is 37.9 Å². The molecular weight excluding hydrogens is 412 g/mol. The van der Waals surface area contributed by atoms with E-state index in [1.54, 1.807) is 0 Å². The lowest BCUT2D eigenvalue weighted by atomic mass is 9.95. The molecule has 1 atom stereocenters. The molecule has 4 rings (SSSR count). The maximum Gasteiger partial charge on any atom is 0.331 e. The molecule has 0 bridgehead atoms. The molecule has 2 N–H and O–H groups in total. The fourth-order valence-corrected chi connectivity index (χ4v) is 4.64. The lowest BCUT2D eigenvalue weighted by molar-refractivity contribution is -0.130. The Morgan fingerprint density at radius 3 is 2.50 bits per heavy atom. The summed E-state index contributed by atoms with van der Waals surface area (Å²) in [7, 11) is 0. The molecule has 9 nitrogen and oxygen atoms in total. The number of carbonyl (C=O) groups is 1. The number of hydrogen-bond donors (Lipinski definition) is 2. The number of aromatic nitrogens is 2. The second kappa shape index (κ2) is 9.02. The Hall–Kier alpha value is -3.36. The summed E-state index contributed by atoms with van der Waals surface area (Å²) in [4.78, 5) is 39.8. The second-order valence-corrected chi connectivity index (χ2v) is 8.25. The lowest BCUT2D eigenvalue weighted by Gasteiger charge is -2.25. The molecule has 1 aromatic carbocycles. The molecule has 2 aromatic rings. The molecule has 9 heteroatoms. The number of amides is 1. The van der Waals surface area contributed by atoms with E-state index in [2.05, 4.69) is 10.1 Å². The van der Waals surface area contributed by atoms with Crippen molar-refractivity contribution in [3.05, 3.63) is 56.2 Å². The van der Waals surface area contributed by atoms with Gasteiger partial charge in [0.2, 0.25) is 11.8 Å². The molecule has 2 aliphatic rings. The van der Waals surface area contributed by atoms with Crippen LogP contribution in [0.1, 0.15) is 75.6 Å². The monoisotopic (exact) mass is 440 g/mol. The van der Waals surface area contributed by atoms with Crippen molar-refractivity contribution in [2.45, 2.75) is 64.5 Å². The van der Waals surface area contributed by atoms with Gasteiger partial charge in [-0.15, -0.1) is 0 Å². The topological polar surface area (TPSA) is 117 Å². The number of carbonyl (C=O) groups excluding carboxylic acids is 1. The van der Waals surface area contributed by atoms with E-state index >= 15 is 0 Å². The molecule has 1 unspecified atom stereocenters. The van der Waals surface area contributed by atoms with Crippen LogP contribution in [0.2, 0.25) is 0 Å². The normalized spacial score (nSPS) is 19.1. The van der Waals surface area contributed by atoms with Gasteiger partial charge in [0.05, 0.1) is 18.4 Å². The van der Waals surface area contributed by atoms with Crippen LogP contribution in [0.25, 0.3) is 0 Å². The minimum absolute atomic E-state index is 0.0464. The van der Waals surface area contributed by atoms with E-state index < -0.39 is 17.3 Å². The molecule has 1 fully saturated rings. The van der Waals surface area contributed by atoms with Crippen LogP contribution in [0.4, 0.5) is 0 Å². The van der Waals surface area contributed by atoms with Crippen LogP contribution >= 0.6 is 0 Å². The van der Waals surface area contributed by atoms with Gasteiger partial charge in [-0.1, -0.05) is 31.4 Å². The first-order chi connectivity index (χ1) is 15.4. The van der Waals surface area contributed by atoms with Crippen LogP contribution in [-0.2, 0) is 4.79 Å². The van der Waals surface area contributed by atoms with E-state index in [9.17, 15) is 19.5 Å². The number of benzene rings is 1. The zero-order valence-corrected chi connectivity index (χ0v) is 18.3. The summed E-state index contributed by atoms with van der Waals surface area (Å²) in [6, 6.07) is 6.77. The van der Waals surface area contributed by atoms with E-state index in [-0.39, 0.29) is 35.5 Å². The molecule has 0 radical (unpaired) electrons. The Kier molecular flexibility index (Phi) is 6.16. The van der Waals surface area contributed by atoms with Crippen molar-refractivity contribution in [3.63, 3.8) is 0 Å². The highest BCUT2D eigenvalue weighted by atomic mass is 16.5. The standard InChI is InChI=1S/C23H28N4O5/c1-3-32-17-11-9-15(10-12-17)19-13-18(25-27(19)14(2)28)20-21(29)24-23(31)26(22(20)30)16-7-5-4-6-8-16/h9-12,16,19,30H,3-8,13H2,1-2H3,(H,24,29,31). The number of H-pyrrole nitrogens is 1. The van der Waals surface area contributed by atoms with Crippen LogP contribution in [0.5, 0.6) is 11.6 Å². The third-order valence-corrected chi connectivity index (χ3v) is 6.16. The maximum atomic E-state index is 12.7. The molecule has 1 aliphatic heterocycles. The minimum atomic E-state index is -0.700. The Balaban J connectivity index is 1.72. The predicted octanol–water partition coefficient (Wildman–Crippen LogP) is 2.84. The van der Waals surface area contributed by atoms with E-state index in [0.29, 0.717) is 6.61 Å². The van der Waals surface area contributed by atoms with Gasteiger partial charge >= 0.3 is 5.69 Å². The van der Waals surface area contributed by atoms with Gasteiger partial charge in [0.1, 0.15) is 11.3 Å². The number of rotatable bonds is 5. The van der Waals surface area contributed by atoms with Gasteiger partial charge in [0, 0.05) is 19.4 Å². The van der Waals surface area contributed by atoms with Crippen molar-refractivity contribution in [1.29, 1.82) is 0 Å². The third-order valence-electron chi connectivity index (χ3n) is 6.16. The van der Waals surface area contributed by atoms with Gasteiger partial charge < -0.3 is 9.84 Å². The summed E-state index contributed by atoms with van der Waals surface area (Å²) < 4.78 is 6.76. The first-order valence-corrected chi connectivity index (χ1v) is 11.1. The largest absolute Gasteiger partial charge is 0.494 e. The van der Waals surface area contributed by atoms with E-state index in [0.717, 1.165) is 43.4 Å². The third kappa shape index (κ3) is 4.06. The number of aromatic amines is 1. The lowest BCUT2D eigenvalue weighted by Crippen LogP contribution is -2.36. The SMILES string of the molecule is CCOc1ccc(C2CC(c3c(O)n(C4CCCCC4)c(=O)[nH]c3=O)=NN2C(C)=O)cc1. The summed E-state index contributed by atoms with van der Waals surface area (Å²) in [5, 5.41) is 16.7. The average Bonchev–Trinajstić information content (AvgIpc) is 3.20. The average molecular weight is 441 g/mol. The number of ether oxygens (including phenoxy) is 1. The molecule has 1 amide bonds. The number of aromatic hydroxyl groups is 1. The zero-order chi connectivity index (χ0) is 22.8. The number of nitrogens with one attached hydrogen (secondary N) is 1. The first-order valence-electron chi connectivity index (χ1n) is 11.1. The van der Waals surface area contributed by atoms with Gasteiger partial charge in [-0.3, -0.25) is 19.1 Å². The molecule has 1 aliphatic carbocycles. The molecule has 2 heterocycles. The van der Waals surface area contributed by atoms with Gasteiger partial charge in [0.25, 0.3) is 5.56 Å². The molecule has 1 aromatic heterocycles. The molecule has 1 saturated carbocycles. The van der Waals surface area contributed by atoms with Crippen LogP contribution in [0.3, 0.4) is 0 Å². The summed E-state index contributed by atoms with van der Waals surface area (Å²) >= 11 is 0. The maximum absolute atomic E-state index is 12.7. The van der Waals surface area contributed by atoms with Gasteiger partial charge in [-0.2, -0.15) is 5.10 Å². The highest BCUT2D eigenvalue weighted by Crippen LogP contribution is 2.36. The Labute approximate surface area is 185 Å².